The summed E-state index contributed by atoms with van der Waals surface area (Å²) < 4.78 is 14.2. The molecule has 0 fully saturated rings. The van der Waals surface area contributed by atoms with Gasteiger partial charge in [-0.25, -0.2) is 9.78 Å². The number of methoxy groups -OCH3 is 1. The zero-order valence-electron chi connectivity index (χ0n) is 25.2. The summed E-state index contributed by atoms with van der Waals surface area (Å²) in [5.41, 5.74) is 6.03. The van der Waals surface area contributed by atoms with E-state index >= 15 is 0 Å². The predicted octanol–water partition coefficient (Wildman–Crippen LogP) is 7.86. The largest absolute Gasteiger partial charge is 0.467 e. The molecular weight excluding hydrogens is 596 g/mol. The highest BCUT2D eigenvalue weighted by molar-refractivity contribution is 7.22. The molecule has 3 aromatic carbocycles. The van der Waals surface area contributed by atoms with E-state index in [1.165, 1.54) is 18.4 Å². The number of pyridine rings is 1. The molecule has 0 spiro atoms. The monoisotopic (exact) mass is 626 g/mol. The number of carbonyl (C=O) groups excluding carboxylic acids is 1. The van der Waals surface area contributed by atoms with Crippen molar-refractivity contribution in [3.8, 4) is 32.8 Å². The number of esters is 1. The van der Waals surface area contributed by atoms with Crippen molar-refractivity contribution in [3.63, 3.8) is 0 Å². The molecule has 0 saturated heterocycles. The molecule has 0 aliphatic carbocycles. The SMILES string of the molecule is COC(=O)[C@@H](OC(C)(C)C)c1c(C)cc2nc(-c3cc[nH]c(=O)c3-c3ccc4c(cnn4C)c3)sc2c1-c1ccc(Cl)cc1. The van der Waals surface area contributed by atoms with Gasteiger partial charge in [0.1, 0.15) is 5.01 Å². The number of ether oxygens (including phenoxy) is 2. The lowest BCUT2D eigenvalue weighted by molar-refractivity contribution is -0.164. The zero-order valence-corrected chi connectivity index (χ0v) is 26.8. The van der Waals surface area contributed by atoms with E-state index in [2.05, 4.69) is 10.1 Å². The van der Waals surface area contributed by atoms with Gasteiger partial charge in [-0.3, -0.25) is 9.48 Å². The summed E-state index contributed by atoms with van der Waals surface area (Å²) in [5.74, 6) is -0.495. The van der Waals surface area contributed by atoms with Crippen LogP contribution < -0.4 is 5.56 Å². The van der Waals surface area contributed by atoms with Gasteiger partial charge in [0.05, 0.1) is 40.2 Å². The third-order valence-electron chi connectivity index (χ3n) is 7.44. The average Bonchev–Trinajstić information content (AvgIpc) is 3.57. The van der Waals surface area contributed by atoms with Crippen LogP contribution in [-0.4, -0.2) is 38.4 Å². The van der Waals surface area contributed by atoms with Gasteiger partial charge in [-0.05, 0) is 80.8 Å². The second kappa shape index (κ2) is 11.3. The van der Waals surface area contributed by atoms with Gasteiger partial charge in [0.25, 0.3) is 5.56 Å². The van der Waals surface area contributed by atoms with Crippen LogP contribution in [0.2, 0.25) is 5.02 Å². The van der Waals surface area contributed by atoms with Crippen molar-refractivity contribution in [1.82, 2.24) is 19.7 Å². The number of nitrogens with zero attached hydrogens (tertiary/aromatic N) is 3. The summed E-state index contributed by atoms with van der Waals surface area (Å²) in [4.78, 5) is 34.5. The molecule has 224 valence electrons. The molecule has 0 aliphatic heterocycles. The Hall–Kier alpha value is -4.31. The van der Waals surface area contributed by atoms with Crippen LogP contribution in [0.3, 0.4) is 0 Å². The van der Waals surface area contributed by atoms with E-state index in [1.54, 1.807) is 17.1 Å². The lowest BCUT2D eigenvalue weighted by atomic mass is 9.91. The van der Waals surface area contributed by atoms with Crippen molar-refractivity contribution in [1.29, 1.82) is 0 Å². The molecule has 6 aromatic rings. The molecular formula is C34H31ClN4O4S. The Morgan fingerprint density at radius 3 is 2.48 bits per heavy atom. The van der Waals surface area contributed by atoms with Crippen LogP contribution in [0.1, 0.15) is 38.0 Å². The molecule has 10 heteroatoms. The minimum absolute atomic E-state index is 0.218. The maximum atomic E-state index is 13.3. The molecule has 0 radical (unpaired) electrons. The Morgan fingerprint density at radius 1 is 1.05 bits per heavy atom. The minimum atomic E-state index is -0.984. The second-order valence-electron chi connectivity index (χ2n) is 11.6. The maximum Gasteiger partial charge on any atom is 0.339 e. The van der Waals surface area contributed by atoms with Crippen molar-refractivity contribution in [2.24, 2.45) is 7.05 Å². The summed E-state index contributed by atoms with van der Waals surface area (Å²) in [6.07, 6.45) is 2.44. The standard InChI is InChI=1S/C34H31ClN4O4S/c1-18-15-24-30(28(19-7-10-22(35)11-8-19)26(18)29(33(41)42-6)43-34(2,3)4)44-32(38-24)23-13-14-36-31(40)27(23)20-9-12-25-21(16-20)17-37-39(25)5/h7-17,29H,1-6H3,(H,36,40)/t29-/m0/s1. The second-order valence-corrected chi connectivity index (χ2v) is 13.1. The van der Waals surface area contributed by atoms with Gasteiger partial charge >= 0.3 is 5.97 Å². The number of aryl methyl sites for hydroxylation is 2. The molecule has 6 rings (SSSR count). The first-order valence-corrected chi connectivity index (χ1v) is 15.2. The van der Waals surface area contributed by atoms with Crippen LogP contribution in [0.5, 0.6) is 0 Å². The van der Waals surface area contributed by atoms with Crippen LogP contribution in [0.15, 0.2) is 71.8 Å². The molecule has 0 amide bonds. The molecule has 44 heavy (non-hydrogen) atoms. The number of aromatic nitrogens is 4. The van der Waals surface area contributed by atoms with Gasteiger partial charge in [-0.2, -0.15) is 5.10 Å². The fourth-order valence-corrected chi connectivity index (χ4v) is 6.80. The van der Waals surface area contributed by atoms with E-state index in [-0.39, 0.29) is 5.56 Å². The van der Waals surface area contributed by atoms with E-state index in [1.807, 2.05) is 89.3 Å². The van der Waals surface area contributed by atoms with Gasteiger partial charge in [-0.15, -0.1) is 11.3 Å². The Morgan fingerprint density at radius 2 is 1.77 bits per heavy atom. The quantitative estimate of drug-likeness (QED) is 0.189. The number of fused-ring (bicyclic) bond motifs is 2. The summed E-state index contributed by atoms with van der Waals surface area (Å²) in [6, 6.07) is 17.2. The Bertz CT molecular complexity index is 2110. The number of carbonyl (C=O) groups is 1. The third kappa shape index (κ3) is 5.43. The van der Waals surface area contributed by atoms with E-state index in [0.717, 1.165) is 43.4 Å². The minimum Gasteiger partial charge on any atom is -0.467 e. The van der Waals surface area contributed by atoms with Crippen molar-refractivity contribution < 1.29 is 14.3 Å². The molecule has 3 heterocycles. The number of hydrogen-bond acceptors (Lipinski definition) is 7. The summed E-state index contributed by atoms with van der Waals surface area (Å²) in [5, 5.41) is 6.55. The van der Waals surface area contributed by atoms with Crippen LogP contribution in [0.4, 0.5) is 0 Å². The van der Waals surface area contributed by atoms with E-state index in [9.17, 15) is 9.59 Å². The highest BCUT2D eigenvalue weighted by atomic mass is 35.5. The molecule has 0 unspecified atom stereocenters. The van der Waals surface area contributed by atoms with Crippen molar-refractivity contribution >= 4 is 50.0 Å². The number of hydrogen-bond donors (Lipinski definition) is 1. The number of H-pyrrole nitrogens is 1. The topological polar surface area (TPSA) is 99.1 Å². The number of rotatable bonds is 6. The first-order chi connectivity index (χ1) is 20.9. The Balaban J connectivity index is 1.62. The van der Waals surface area contributed by atoms with Crippen LogP contribution in [-0.2, 0) is 21.3 Å². The number of thiazole rings is 1. The van der Waals surface area contributed by atoms with Crippen LogP contribution in [0, 0.1) is 6.92 Å². The first kappa shape index (κ1) is 29.7. The van der Waals surface area contributed by atoms with Crippen molar-refractivity contribution in [2.45, 2.75) is 39.4 Å². The van der Waals surface area contributed by atoms with Crippen molar-refractivity contribution in [2.75, 3.05) is 7.11 Å². The van der Waals surface area contributed by atoms with E-state index < -0.39 is 17.7 Å². The van der Waals surface area contributed by atoms with E-state index in [4.69, 9.17) is 26.1 Å². The van der Waals surface area contributed by atoms with Gasteiger partial charge in [0.15, 0.2) is 6.10 Å². The molecule has 8 nitrogen and oxygen atoms in total. The third-order valence-corrected chi connectivity index (χ3v) is 8.81. The molecule has 0 aliphatic rings. The fraction of sp³-hybridized carbons (Fsp3) is 0.235. The van der Waals surface area contributed by atoms with Gasteiger partial charge in [-0.1, -0.05) is 29.8 Å². The lowest BCUT2D eigenvalue weighted by Gasteiger charge is -2.28. The van der Waals surface area contributed by atoms with Gasteiger partial charge in [0, 0.05) is 40.3 Å². The normalized spacial score (nSPS) is 12.6. The lowest BCUT2D eigenvalue weighted by Crippen LogP contribution is -2.29. The average molecular weight is 627 g/mol. The molecule has 0 bridgehead atoms. The summed E-state index contributed by atoms with van der Waals surface area (Å²) in [6.45, 7) is 7.65. The van der Waals surface area contributed by atoms with Gasteiger partial charge < -0.3 is 14.5 Å². The molecule has 1 atom stereocenters. The highest BCUT2D eigenvalue weighted by Gasteiger charge is 2.33. The van der Waals surface area contributed by atoms with Gasteiger partial charge in [0.2, 0.25) is 0 Å². The van der Waals surface area contributed by atoms with Crippen LogP contribution in [0.25, 0.3) is 53.9 Å². The Kier molecular flexibility index (Phi) is 7.65. The molecule has 0 saturated carbocycles. The number of benzene rings is 3. The highest BCUT2D eigenvalue weighted by Crippen LogP contribution is 2.45. The van der Waals surface area contributed by atoms with Crippen molar-refractivity contribution in [3.05, 3.63) is 93.5 Å². The molecule has 1 N–H and O–H groups in total. The van der Waals surface area contributed by atoms with Crippen LogP contribution >= 0.6 is 22.9 Å². The predicted molar refractivity (Wildman–Crippen MR) is 176 cm³/mol. The summed E-state index contributed by atoms with van der Waals surface area (Å²) in [7, 11) is 3.25. The Labute approximate surface area is 263 Å². The number of aromatic amines is 1. The maximum absolute atomic E-state index is 13.3. The summed E-state index contributed by atoms with van der Waals surface area (Å²) >= 11 is 7.73. The smallest absolute Gasteiger partial charge is 0.339 e. The first-order valence-electron chi connectivity index (χ1n) is 14.0. The zero-order chi connectivity index (χ0) is 31.3. The van der Waals surface area contributed by atoms with E-state index in [0.29, 0.717) is 26.7 Å². The fourth-order valence-electron chi connectivity index (χ4n) is 5.52. The number of nitrogens with one attached hydrogen (secondary N) is 1. The number of halogens is 1. The molecule has 3 aromatic heterocycles.